The van der Waals surface area contributed by atoms with Crippen LogP contribution >= 0.6 is 0 Å². The van der Waals surface area contributed by atoms with Gasteiger partial charge in [-0.1, -0.05) is 0 Å². The number of fused-ring (bicyclic) bond motifs is 1. The fourth-order valence-electron chi connectivity index (χ4n) is 2.66. The van der Waals surface area contributed by atoms with E-state index in [9.17, 15) is 0 Å². The average Bonchev–Trinajstić information content (AvgIpc) is 2.68. The zero-order chi connectivity index (χ0) is 13.4. The first-order chi connectivity index (χ1) is 9.10. The van der Waals surface area contributed by atoms with Gasteiger partial charge in [0.15, 0.2) is 5.58 Å². The van der Waals surface area contributed by atoms with Crippen molar-refractivity contribution in [3.05, 3.63) is 24.1 Å². The van der Waals surface area contributed by atoms with E-state index in [2.05, 4.69) is 23.7 Å². The van der Waals surface area contributed by atoms with E-state index in [4.69, 9.17) is 14.9 Å². The SMILES string of the molecule is C[C@@H]1CN(Cc2nc3ccc(N)cc3o2)C[C@H](C)O1. The number of nitrogen functional groups attached to an aromatic ring is 1. The molecular weight excluding hydrogens is 242 g/mol. The molecule has 5 nitrogen and oxygen atoms in total. The van der Waals surface area contributed by atoms with E-state index in [-0.39, 0.29) is 12.2 Å². The number of nitrogens with two attached hydrogens (primary N) is 1. The molecule has 0 radical (unpaired) electrons. The topological polar surface area (TPSA) is 64.5 Å². The van der Waals surface area contributed by atoms with Crippen LogP contribution in [0, 0.1) is 0 Å². The molecule has 0 aliphatic carbocycles. The summed E-state index contributed by atoms with van der Waals surface area (Å²) in [5, 5.41) is 0. The number of hydrogen-bond donors (Lipinski definition) is 1. The molecule has 1 aromatic carbocycles. The quantitative estimate of drug-likeness (QED) is 0.838. The van der Waals surface area contributed by atoms with Gasteiger partial charge in [0, 0.05) is 24.8 Å². The molecule has 19 heavy (non-hydrogen) atoms. The normalized spacial score (nSPS) is 24.9. The van der Waals surface area contributed by atoms with Crippen LogP contribution in [-0.2, 0) is 11.3 Å². The van der Waals surface area contributed by atoms with E-state index < -0.39 is 0 Å². The van der Waals surface area contributed by atoms with E-state index in [0.29, 0.717) is 12.2 Å². The molecule has 1 aliphatic heterocycles. The van der Waals surface area contributed by atoms with E-state index in [1.807, 2.05) is 18.2 Å². The van der Waals surface area contributed by atoms with Crippen LogP contribution in [0.25, 0.3) is 11.1 Å². The standard InChI is InChI=1S/C14H19N3O2/c1-9-6-17(7-10(2)18-9)8-14-16-12-4-3-11(15)5-13(12)19-14/h3-5,9-10H,6-8,15H2,1-2H3/t9-,10+. The number of oxazole rings is 1. The Balaban J connectivity index is 1.77. The molecule has 2 heterocycles. The van der Waals surface area contributed by atoms with Gasteiger partial charge in [-0.15, -0.1) is 0 Å². The number of aromatic nitrogens is 1. The summed E-state index contributed by atoms with van der Waals surface area (Å²) in [5.41, 5.74) is 8.05. The van der Waals surface area contributed by atoms with Gasteiger partial charge >= 0.3 is 0 Å². The minimum Gasteiger partial charge on any atom is -0.439 e. The second kappa shape index (κ2) is 4.83. The third kappa shape index (κ3) is 2.72. The van der Waals surface area contributed by atoms with Gasteiger partial charge in [0.2, 0.25) is 5.89 Å². The third-order valence-electron chi connectivity index (χ3n) is 3.31. The van der Waals surface area contributed by atoms with Crippen LogP contribution in [0.15, 0.2) is 22.6 Å². The lowest BCUT2D eigenvalue weighted by atomic mass is 10.2. The molecule has 5 heteroatoms. The Morgan fingerprint density at radius 2 is 2.05 bits per heavy atom. The predicted octanol–water partition coefficient (Wildman–Crippen LogP) is 2.02. The number of anilines is 1. The Morgan fingerprint density at radius 1 is 1.32 bits per heavy atom. The van der Waals surface area contributed by atoms with Crippen molar-refractivity contribution in [2.75, 3.05) is 18.8 Å². The Bertz CT molecular complexity index is 571. The highest BCUT2D eigenvalue weighted by Gasteiger charge is 2.23. The van der Waals surface area contributed by atoms with Crippen LogP contribution in [0.4, 0.5) is 5.69 Å². The Morgan fingerprint density at radius 3 is 2.79 bits per heavy atom. The van der Waals surface area contributed by atoms with Gasteiger partial charge in [0.1, 0.15) is 5.52 Å². The molecule has 0 saturated carbocycles. The Kier molecular flexibility index (Phi) is 3.16. The van der Waals surface area contributed by atoms with Gasteiger partial charge in [0.25, 0.3) is 0 Å². The maximum absolute atomic E-state index is 5.75. The highest BCUT2D eigenvalue weighted by Crippen LogP contribution is 2.20. The average molecular weight is 261 g/mol. The van der Waals surface area contributed by atoms with Gasteiger partial charge in [-0.05, 0) is 26.0 Å². The first-order valence-corrected chi connectivity index (χ1v) is 6.63. The molecule has 3 rings (SSSR count). The van der Waals surface area contributed by atoms with Gasteiger partial charge in [0.05, 0.1) is 18.8 Å². The van der Waals surface area contributed by atoms with Crippen molar-refractivity contribution in [3.63, 3.8) is 0 Å². The minimum atomic E-state index is 0.253. The zero-order valence-corrected chi connectivity index (χ0v) is 11.3. The van der Waals surface area contributed by atoms with Crippen LogP contribution in [0.1, 0.15) is 19.7 Å². The van der Waals surface area contributed by atoms with Crippen molar-refractivity contribution in [2.45, 2.75) is 32.6 Å². The number of nitrogens with zero attached hydrogens (tertiary/aromatic N) is 2. The van der Waals surface area contributed by atoms with Gasteiger partial charge < -0.3 is 14.9 Å². The number of benzene rings is 1. The summed E-state index contributed by atoms with van der Waals surface area (Å²) < 4.78 is 11.5. The molecule has 1 fully saturated rings. The summed E-state index contributed by atoms with van der Waals surface area (Å²) in [4.78, 5) is 6.81. The zero-order valence-electron chi connectivity index (χ0n) is 11.3. The number of morpholine rings is 1. The van der Waals surface area contributed by atoms with Crippen molar-refractivity contribution >= 4 is 16.8 Å². The van der Waals surface area contributed by atoms with Gasteiger partial charge in [-0.25, -0.2) is 4.98 Å². The fourth-order valence-corrected chi connectivity index (χ4v) is 2.66. The Hall–Kier alpha value is -1.59. The van der Waals surface area contributed by atoms with Crippen molar-refractivity contribution in [3.8, 4) is 0 Å². The third-order valence-corrected chi connectivity index (χ3v) is 3.31. The first kappa shape index (κ1) is 12.4. The number of hydrogen-bond acceptors (Lipinski definition) is 5. The monoisotopic (exact) mass is 261 g/mol. The van der Waals surface area contributed by atoms with Gasteiger partial charge in [-0.2, -0.15) is 0 Å². The second-order valence-electron chi connectivity index (χ2n) is 5.29. The predicted molar refractivity (Wildman–Crippen MR) is 73.7 cm³/mol. The molecule has 2 N–H and O–H groups in total. The van der Waals surface area contributed by atoms with Crippen LogP contribution in [-0.4, -0.2) is 35.2 Å². The largest absolute Gasteiger partial charge is 0.439 e. The number of rotatable bonds is 2. The first-order valence-electron chi connectivity index (χ1n) is 6.63. The Labute approximate surface area is 112 Å². The maximum atomic E-state index is 5.75. The minimum absolute atomic E-state index is 0.253. The number of ether oxygens (including phenoxy) is 1. The van der Waals surface area contributed by atoms with Crippen molar-refractivity contribution in [1.82, 2.24) is 9.88 Å². The highest BCUT2D eigenvalue weighted by molar-refractivity contribution is 5.76. The van der Waals surface area contributed by atoms with E-state index in [0.717, 1.165) is 30.1 Å². The molecular formula is C14H19N3O2. The molecule has 1 saturated heterocycles. The van der Waals surface area contributed by atoms with Crippen molar-refractivity contribution in [1.29, 1.82) is 0 Å². The summed E-state index contributed by atoms with van der Waals surface area (Å²) in [7, 11) is 0. The molecule has 0 spiro atoms. The van der Waals surface area contributed by atoms with E-state index >= 15 is 0 Å². The van der Waals surface area contributed by atoms with Crippen LogP contribution in [0.3, 0.4) is 0 Å². The van der Waals surface area contributed by atoms with Crippen LogP contribution in [0.5, 0.6) is 0 Å². The van der Waals surface area contributed by atoms with Crippen LogP contribution < -0.4 is 5.73 Å². The highest BCUT2D eigenvalue weighted by atomic mass is 16.5. The lowest BCUT2D eigenvalue weighted by Gasteiger charge is -2.34. The molecule has 0 amide bonds. The molecule has 1 aromatic heterocycles. The molecule has 102 valence electrons. The van der Waals surface area contributed by atoms with E-state index in [1.54, 1.807) is 0 Å². The maximum Gasteiger partial charge on any atom is 0.209 e. The summed E-state index contributed by atoms with van der Waals surface area (Å²) in [6.45, 7) is 6.72. The summed E-state index contributed by atoms with van der Waals surface area (Å²) in [6, 6.07) is 5.55. The lowest BCUT2D eigenvalue weighted by molar-refractivity contribution is -0.0721. The van der Waals surface area contributed by atoms with E-state index in [1.165, 1.54) is 0 Å². The van der Waals surface area contributed by atoms with Crippen molar-refractivity contribution in [2.24, 2.45) is 0 Å². The molecule has 0 unspecified atom stereocenters. The molecule has 2 atom stereocenters. The summed E-state index contributed by atoms with van der Waals surface area (Å²) >= 11 is 0. The fraction of sp³-hybridized carbons (Fsp3) is 0.500. The summed E-state index contributed by atoms with van der Waals surface area (Å²) in [5.74, 6) is 0.738. The molecule has 1 aliphatic rings. The smallest absolute Gasteiger partial charge is 0.209 e. The molecule has 2 aromatic rings. The van der Waals surface area contributed by atoms with Crippen molar-refractivity contribution < 1.29 is 9.15 Å². The lowest BCUT2D eigenvalue weighted by Crippen LogP contribution is -2.44. The second-order valence-corrected chi connectivity index (χ2v) is 5.29. The molecule has 0 bridgehead atoms. The van der Waals surface area contributed by atoms with Crippen LogP contribution in [0.2, 0.25) is 0 Å². The summed E-state index contributed by atoms with van der Waals surface area (Å²) in [6.07, 6.45) is 0.507. The van der Waals surface area contributed by atoms with Gasteiger partial charge in [-0.3, -0.25) is 4.90 Å².